The highest BCUT2D eigenvalue weighted by Gasteiger charge is 2.44. The van der Waals surface area contributed by atoms with Crippen molar-refractivity contribution in [3.05, 3.63) is 0 Å². The van der Waals surface area contributed by atoms with Gasteiger partial charge in [-0.3, -0.25) is 0 Å². The normalized spacial score (nSPS) is 35.7. The highest BCUT2D eigenvalue weighted by atomic mass is 19.4. The van der Waals surface area contributed by atoms with E-state index in [1.807, 2.05) is 0 Å². The maximum atomic E-state index is 12.7. The van der Waals surface area contributed by atoms with Crippen molar-refractivity contribution in [3.63, 3.8) is 0 Å². The summed E-state index contributed by atoms with van der Waals surface area (Å²) in [7, 11) is 0. The smallest absolute Gasteiger partial charge is 0.311 e. The summed E-state index contributed by atoms with van der Waals surface area (Å²) in [4.78, 5) is 0. The summed E-state index contributed by atoms with van der Waals surface area (Å²) in [6.45, 7) is 0. The van der Waals surface area contributed by atoms with Gasteiger partial charge in [-0.2, -0.15) is 26.3 Å². The summed E-state index contributed by atoms with van der Waals surface area (Å²) in [5.41, 5.74) is 0. The lowest BCUT2D eigenvalue weighted by atomic mass is 9.82. The minimum absolute atomic E-state index is 0.00329. The van der Waals surface area contributed by atoms with Crippen molar-refractivity contribution in [3.8, 4) is 0 Å². The highest BCUT2D eigenvalue weighted by molar-refractivity contribution is 4.87. The molecule has 2 aliphatic rings. The van der Waals surface area contributed by atoms with Gasteiger partial charge in [0.25, 0.3) is 0 Å². The van der Waals surface area contributed by atoms with Crippen molar-refractivity contribution in [2.24, 2.45) is 11.8 Å². The quantitative estimate of drug-likeness (QED) is 0.720. The van der Waals surface area contributed by atoms with Gasteiger partial charge < -0.3 is 5.32 Å². The first-order valence-electron chi connectivity index (χ1n) is 7.55. The molecule has 0 amide bonds. The average molecular weight is 317 g/mol. The van der Waals surface area contributed by atoms with Gasteiger partial charge in [0.05, 0.1) is 11.8 Å². The molecule has 0 aromatic carbocycles. The zero-order valence-corrected chi connectivity index (χ0v) is 11.7. The Morgan fingerprint density at radius 2 is 1.00 bits per heavy atom. The second-order valence-electron chi connectivity index (χ2n) is 6.37. The van der Waals surface area contributed by atoms with Crippen molar-refractivity contribution in [2.45, 2.75) is 75.8 Å². The second-order valence-corrected chi connectivity index (χ2v) is 6.37. The third-order valence-corrected chi connectivity index (χ3v) is 4.75. The van der Waals surface area contributed by atoms with Gasteiger partial charge in [0.1, 0.15) is 0 Å². The largest absolute Gasteiger partial charge is 0.391 e. The van der Waals surface area contributed by atoms with E-state index in [9.17, 15) is 26.3 Å². The molecule has 0 aromatic heterocycles. The molecule has 0 spiro atoms. The molecule has 2 aliphatic carbocycles. The molecular formula is C14H21F6N. The van der Waals surface area contributed by atoms with Crippen LogP contribution in [0.4, 0.5) is 26.3 Å². The van der Waals surface area contributed by atoms with Crippen molar-refractivity contribution in [2.75, 3.05) is 0 Å². The van der Waals surface area contributed by atoms with Crippen LogP contribution in [0.1, 0.15) is 51.4 Å². The van der Waals surface area contributed by atoms with Crippen LogP contribution in [0, 0.1) is 11.8 Å². The third-order valence-electron chi connectivity index (χ3n) is 4.75. The van der Waals surface area contributed by atoms with Crippen LogP contribution in [0.3, 0.4) is 0 Å². The number of nitrogens with one attached hydrogen (secondary N) is 1. The Hall–Kier alpha value is -0.460. The van der Waals surface area contributed by atoms with E-state index in [1.165, 1.54) is 0 Å². The van der Waals surface area contributed by atoms with Gasteiger partial charge in [-0.05, 0) is 38.5 Å². The molecule has 1 nitrogen and oxygen atoms in total. The van der Waals surface area contributed by atoms with Gasteiger partial charge in [-0.25, -0.2) is 0 Å². The number of rotatable bonds is 2. The van der Waals surface area contributed by atoms with Crippen LogP contribution in [-0.2, 0) is 0 Å². The molecule has 4 unspecified atom stereocenters. The minimum atomic E-state index is -4.19. The topological polar surface area (TPSA) is 12.0 Å². The Labute approximate surface area is 120 Å². The van der Waals surface area contributed by atoms with Gasteiger partial charge in [-0.15, -0.1) is 0 Å². The molecule has 4 atom stereocenters. The Kier molecular flexibility index (Phi) is 5.11. The summed E-state index contributed by atoms with van der Waals surface area (Å²) < 4.78 is 76.4. The lowest BCUT2D eigenvalue weighted by Gasteiger charge is -2.37. The Morgan fingerprint density at radius 1 is 0.619 bits per heavy atom. The molecule has 21 heavy (non-hydrogen) atoms. The fraction of sp³-hybridized carbons (Fsp3) is 1.00. The monoisotopic (exact) mass is 317 g/mol. The fourth-order valence-corrected chi connectivity index (χ4v) is 3.61. The number of alkyl halides is 6. The van der Waals surface area contributed by atoms with Gasteiger partial charge in [0.2, 0.25) is 0 Å². The predicted molar refractivity (Wildman–Crippen MR) is 66.7 cm³/mol. The van der Waals surface area contributed by atoms with Crippen molar-refractivity contribution in [1.29, 1.82) is 0 Å². The van der Waals surface area contributed by atoms with E-state index in [-0.39, 0.29) is 37.8 Å². The number of hydrogen-bond donors (Lipinski definition) is 1. The molecule has 0 aromatic rings. The minimum Gasteiger partial charge on any atom is -0.311 e. The maximum absolute atomic E-state index is 12.7. The van der Waals surface area contributed by atoms with E-state index < -0.39 is 24.2 Å². The lowest BCUT2D eigenvalue weighted by Crippen LogP contribution is -2.46. The summed E-state index contributed by atoms with van der Waals surface area (Å²) in [6.07, 6.45) is -5.90. The SMILES string of the molecule is FC(F)(F)C1CCCC(NC2CCCC(C(F)(F)F)C2)C1. The van der Waals surface area contributed by atoms with E-state index in [0.29, 0.717) is 25.7 Å². The van der Waals surface area contributed by atoms with Crippen molar-refractivity contribution < 1.29 is 26.3 Å². The van der Waals surface area contributed by atoms with Gasteiger partial charge in [0.15, 0.2) is 0 Å². The number of halogens is 6. The molecule has 1 N–H and O–H groups in total. The van der Waals surface area contributed by atoms with E-state index in [0.717, 1.165) is 0 Å². The molecule has 2 rings (SSSR count). The van der Waals surface area contributed by atoms with E-state index in [4.69, 9.17) is 0 Å². The first-order valence-corrected chi connectivity index (χ1v) is 7.55. The molecule has 124 valence electrons. The van der Waals surface area contributed by atoms with Gasteiger partial charge in [0, 0.05) is 12.1 Å². The third kappa shape index (κ3) is 4.76. The van der Waals surface area contributed by atoms with Gasteiger partial charge in [-0.1, -0.05) is 12.8 Å². The van der Waals surface area contributed by atoms with E-state index in [1.54, 1.807) is 0 Å². The molecule has 0 bridgehead atoms. The van der Waals surface area contributed by atoms with Crippen LogP contribution in [0.5, 0.6) is 0 Å². The van der Waals surface area contributed by atoms with Crippen LogP contribution < -0.4 is 5.32 Å². The molecule has 7 heteroatoms. The summed E-state index contributed by atoms with van der Waals surface area (Å²) in [5, 5.41) is 3.06. The van der Waals surface area contributed by atoms with Crippen LogP contribution in [0.25, 0.3) is 0 Å². The Morgan fingerprint density at radius 3 is 1.33 bits per heavy atom. The molecule has 2 saturated carbocycles. The Bertz CT molecular complexity index is 305. The maximum Gasteiger partial charge on any atom is 0.391 e. The summed E-state index contributed by atoms with van der Waals surface area (Å²) in [6, 6.07) is -0.607. The van der Waals surface area contributed by atoms with E-state index in [2.05, 4.69) is 5.32 Å². The highest BCUT2D eigenvalue weighted by Crippen LogP contribution is 2.40. The first kappa shape index (κ1) is 16.9. The summed E-state index contributed by atoms with van der Waals surface area (Å²) >= 11 is 0. The van der Waals surface area contributed by atoms with Crippen LogP contribution >= 0.6 is 0 Å². The van der Waals surface area contributed by atoms with Gasteiger partial charge >= 0.3 is 12.4 Å². The van der Waals surface area contributed by atoms with Crippen LogP contribution in [0.2, 0.25) is 0 Å². The van der Waals surface area contributed by atoms with Crippen molar-refractivity contribution >= 4 is 0 Å². The number of hydrogen-bond acceptors (Lipinski definition) is 1. The predicted octanol–water partition coefficient (Wildman–Crippen LogP) is 4.82. The molecule has 0 radical (unpaired) electrons. The average Bonchev–Trinajstić information content (AvgIpc) is 2.37. The van der Waals surface area contributed by atoms with Crippen LogP contribution in [-0.4, -0.2) is 24.4 Å². The summed E-state index contributed by atoms with van der Waals surface area (Å²) in [5.74, 6) is -2.63. The fourth-order valence-electron chi connectivity index (χ4n) is 3.61. The molecule has 0 heterocycles. The molecular weight excluding hydrogens is 296 g/mol. The van der Waals surface area contributed by atoms with Crippen LogP contribution in [0.15, 0.2) is 0 Å². The zero-order valence-electron chi connectivity index (χ0n) is 11.7. The molecule has 0 aliphatic heterocycles. The first-order chi connectivity index (χ1) is 9.66. The van der Waals surface area contributed by atoms with E-state index >= 15 is 0 Å². The standard InChI is InChI=1S/C14H21F6N/c15-13(16,17)9-3-1-5-11(7-9)21-12-6-2-4-10(8-12)14(18,19)20/h9-12,21H,1-8H2. The zero-order chi connectivity index (χ0) is 15.7. The lowest BCUT2D eigenvalue weighted by molar-refractivity contribution is -0.186. The van der Waals surface area contributed by atoms with Crippen molar-refractivity contribution in [1.82, 2.24) is 5.32 Å². The molecule has 2 fully saturated rings. The second kappa shape index (κ2) is 6.34. The molecule has 0 saturated heterocycles. The Balaban J connectivity index is 1.86.